The SMILES string of the molecule is CC(CCCN)C(=O)Nc1ccc(C#N)cc1F. The van der Waals surface area contributed by atoms with Gasteiger partial charge < -0.3 is 11.1 Å². The summed E-state index contributed by atoms with van der Waals surface area (Å²) in [7, 11) is 0. The summed E-state index contributed by atoms with van der Waals surface area (Å²) in [5.41, 5.74) is 5.68. The summed E-state index contributed by atoms with van der Waals surface area (Å²) in [5, 5.41) is 11.1. The van der Waals surface area contributed by atoms with Crippen LogP contribution in [-0.4, -0.2) is 12.5 Å². The smallest absolute Gasteiger partial charge is 0.227 e. The molecular formula is C13H16FN3O. The van der Waals surface area contributed by atoms with Crippen molar-refractivity contribution in [1.82, 2.24) is 0 Å². The molecule has 0 fully saturated rings. The van der Waals surface area contributed by atoms with Crippen molar-refractivity contribution in [2.75, 3.05) is 11.9 Å². The standard InChI is InChI=1S/C13H16FN3O/c1-9(3-2-6-15)13(18)17-12-5-4-10(8-16)7-11(12)14/h4-5,7,9H,2-3,6,15H2,1H3,(H,17,18). The van der Waals surface area contributed by atoms with Crippen molar-refractivity contribution in [1.29, 1.82) is 5.26 Å². The second kappa shape index (κ2) is 6.72. The summed E-state index contributed by atoms with van der Waals surface area (Å²) in [4.78, 5) is 11.7. The van der Waals surface area contributed by atoms with Gasteiger partial charge in [-0.1, -0.05) is 6.92 Å². The predicted molar refractivity (Wildman–Crippen MR) is 67.2 cm³/mol. The number of rotatable bonds is 5. The minimum Gasteiger partial charge on any atom is -0.330 e. The number of amides is 1. The molecule has 1 aromatic carbocycles. The van der Waals surface area contributed by atoms with Gasteiger partial charge in [-0.25, -0.2) is 4.39 Å². The highest BCUT2D eigenvalue weighted by molar-refractivity contribution is 5.92. The van der Waals surface area contributed by atoms with Crippen molar-refractivity contribution >= 4 is 11.6 Å². The number of nitrogens with two attached hydrogens (primary N) is 1. The molecule has 0 aromatic heterocycles. The molecule has 5 heteroatoms. The zero-order valence-corrected chi connectivity index (χ0v) is 10.2. The van der Waals surface area contributed by atoms with Crippen molar-refractivity contribution in [2.45, 2.75) is 19.8 Å². The molecule has 3 N–H and O–H groups in total. The van der Waals surface area contributed by atoms with Crippen LogP contribution in [0.15, 0.2) is 18.2 Å². The Kier molecular flexibility index (Phi) is 5.28. The third-order valence-corrected chi connectivity index (χ3v) is 2.64. The first-order valence-electron chi connectivity index (χ1n) is 5.79. The predicted octanol–water partition coefficient (Wildman–Crippen LogP) is 2.01. The van der Waals surface area contributed by atoms with Crippen LogP contribution in [0.1, 0.15) is 25.3 Å². The van der Waals surface area contributed by atoms with Gasteiger partial charge in [0.15, 0.2) is 0 Å². The number of carbonyl (C=O) groups excluding carboxylic acids is 1. The molecule has 0 saturated carbocycles. The molecule has 0 heterocycles. The third-order valence-electron chi connectivity index (χ3n) is 2.64. The second-order valence-corrected chi connectivity index (χ2v) is 4.13. The van der Waals surface area contributed by atoms with Gasteiger partial charge in [-0.2, -0.15) is 5.26 Å². The second-order valence-electron chi connectivity index (χ2n) is 4.13. The largest absolute Gasteiger partial charge is 0.330 e. The molecule has 1 unspecified atom stereocenters. The molecule has 18 heavy (non-hydrogen) atoms. The molecule has 4 nitrogen and oxygen atoms in total. The Bertz CT molecular complexity index is 468. The van der Waals surface area contributed by atoms with Gasteiger partial charge in [-0.05, 0) is 37.6 Å². The van der Waals surface area contributed by atoms with E-state index in [1.165, 1.54) is 12.1 Å². The summed E-state index contributed by atoms with van der Waals surface area (Å²) in [6.07, 6.45) is 1.42. The number of nitriles is 1. The first kappa shape index (κ1) is 14.1. The van der Waals surface area contributed by atoms with Crippen molar-refractivity contribution in [3.63, 3.8) is 0 Å². The van der Waals surface area contributed by atoms with E-state index in [1.807, 2.05) is 6.07 Å². The van der Waals surface area contributed by atoms with E-state index in [0.29, 0.717) is 13.0 Å². The summed E-state index contributed by atoms with van der Waals surface area (Å²) in [6, 6.07) is 5.78. The summed E-state index contributed by atoms with van der Waals surface area (Å²) >= 11 is 0. The van der Waals surface area contributed by atoms with E-state index >= 15 is 0 Å². The van der Waals surface area contributed by atoms with Gasteiger partial charge in [-0.3, -0.25) is 4.79 Å². The van der Waals surface area contributed by atoms with E-state index in [1.54, 1.807) is 6.92 Å². The lowest BCUT2D eigenvalue weighted by Gasteiger charge is -2.12. The number of nitrogens with one attached hydrogen (secondary N) is 1. The molecule has 1 rings (SSSR count). The molecule has 0 spiro atoms. The molecule has 1 aromatic rings. The molecule has 96 valence electrons. The highest BCUT2D eigenvalue weighted by Crippen LogP contribution is 2.17. The Morgan fingerprint density at radius 2 is 2.33 bits per heavy atom. The molecule has 0 aliphatic rings. The highest BCUT2D eigenvalue weighted by atomic mass is 19.1. The number of hydrogen-bond acceptors (Lipinski definition) is 3. The monoisotopic (exact) mass is 249 g/mol. The van der Waals surface area contributed by atoms with Gasteiger partial charge in [0.1, 0.15) is 5.82 Å². The van der Waals surface area contributed by atoms with Gasteiger partial charge in [-0.15, -0.1) is 0 Å². The number of hydrogen-bond donors (Lipinski definition) is 2. The van der Waals surface area contributed by atoms with Crippen molar-refractivity contribution in [3.8, 4) is 6.07 Å². The van der Waals surface area contributed by atoms with Crippen LogP contribution in [0.3, 0.4) is 0 Å². The Morgan fingerprint density at radius 3 is 2.89 bits per heavy atom. The average Bonchev–Trinajstić information content (AvgIpc) is 2.38. The molecule has 0 aliphatic carbocycles. The van der Waals surface area contributed by atoms with Crippen LogP contribution in [0.2, 0.25) is 0 Å². The summed E-state index contributed by atoms with van der Waals surface area (Å²) < 4.78 is 13.5. The normalized spacial score (nSPS) is 11.7. The lowest BCUT2D eigenvalue weighted by molar-refractivity contribution is -0.119. The van der Waals surface area contributed by atoms with E-state index in [4.69, 9.17) is 11.0 Å². The maximum atomic E-state index is 13.5. The van der Waals surface area contributed by atoms with Crippen molar-refractivity contribution in [2.24, 2.45) is 11.7 Å². The Hall–Kier alpha value is -1.93. The Morgan fingerprint density at radius 1 is 1.61 bits per heavy atom. The molecular weight excluding hydrogens is 233 g/mol. The molecule has 0 radical (unpaired) electrons. The fourth-order valence-corrected chi connectivity index (χ4v) is 1.50. The number of carbonyl (C=O) groups is 1. The fourth-order valence-electron chi connectivity index (χ4n) is 1.50. The topological polar surface area (TPSA) is 78.9 Å². The quantitative estimate of drug-likeness (QED) is 0.837. The zero-order chi connectivity index (χ0) is 13.5. The van der Waals surface area contributed by atoms with Crippen molar-refractivity contribution in [3.05, 3.63) is 29.6 Å². The van der Waals surface area contributed by atoms with Gasteiger partial charge >= 0.3 is 0 Å². The van der Waals surface area contributed by atoms with E-state index < -0.39 is 5.82 Å². The number of benzene rings is 1. The van der Waals surface area contributed by atoms with E-state index in [2.05, 4.69) is 5.32 Å². The Labute approximate surface area is 106 Å². The van der Waals surface area contributed by atoms with Gasteiger partial charge in [0, 0.05) is 5.92 Å². The minimum atomic E-state index is -0.603. The molecule has 0 aliphatic heterocycles. The van der Waals surface area contributed by atoms with E-state index in [9.17, 15) is 9.18 Å². The van der Waals surface area contributed by atoms with E-state index in [0.717, 1.165) is 12.5 Å². The minimum absolute atomic E-state index is 0.0959. The molecule has 0 saturated heterocycles. The average molecular weight is 249 g/mol. The van der Waals surface area contributed by atoms with Crippen LogP contribution in [-0.2, 0) is 4.79 Å². The van der Waals surface area contributed by atoms with Crippen molar-refractivity contribution < 1.29 is 9.18 Å². The molecule has 0 bridgehead atoms. The maximum absolute atomic E-state index is 13.5. The summed E-state index contributed by atoms with van der Waals surface area (Å²) in [6.45, 7) is 2.30. The van der Waals surface area contributed by atoms with Gasteiger partial charge in [0.2, 0.25) is 5.91 Å². The lowest BCUT2D eigenvalue weighted by atomic mass is 10.0. The number of halogens is 1. The van der Waals surface area contributed by atoms with Crippen LogP contribution in [0, 0.1) is 23.1 Å². The first-order valence-corrected chi connectivity index (χ1v) is 5.79. The lowest BCUT2D eigenvalue weighted by Crippen LogP contribution is -2.21. The maximum Gasteiger partial charge on any atom is 0.227 e. The summed E-state index contributed by atoms with van der Waals surface area (Å²) in [5.74, 6) is -1.07. The fraction of sp³-hybridized carbons (Fsp3) is 0.385. The molecule has 1 amide bonds. The first-order chi connectivity index (χ1) is 8.58. The molecule has 1 atom stereocenters. The van der Waals surface area contributed by atoms with Crippen LogP contribution in [0.5, 0.6) is 0 Å². The van der Waals surface area contributed by atoms with Crippen LogP contribution in [0.4, 0.5) is 10.1 Å². The van der Waals surface area contributed by atoms with Gasteiger partial charge in [0.05, 0.1) is 17.3 Å². The van der Waals surface area contributed by atoms with Crippen LogP contribution in [0.25, 0.3) is 0 Å². The van der Waals surface area contributed by atoms with Crippen LogP contribution >= 0.6 is 0 Å². The zero-order valence-electron chi connectivity index (χ0n) is 10.2. The third kappa shape index (κ3) is 3.82. The Balaban J connectivity index is 2.67. The van der Waals surface area contributed by atoms with Crippen LogP contribution < -0.4 is 11.1 Å². The van der Waals surface area contributed by atoms with Gasteiger partial charge in [0.25, 0.3) is 0 Å². The number of nitrogens with zero attached hydrogens (tertiary/aromatic N) is 1. The number of anilines is 1. The highest BCUT2D eigenvalue weighted by Gasteiger charge is 2.14. The van der Waals surface area contributed by atoms with E-state index in [-0.39, 0.29) is 23.1 Å².